The molecule has 0 bridgehead atoms. The first kappa shape index (κ1) is 16.8. The van der Waals surface area contributed by atoms with E-state index in [2.05, 4.69) is 4.99 Å². The van der Waals surface area contributed by atoms with Gasteiger partial charge < -0.3 is 14.9 Å². The summed E-state index contributed by atoms with van der Waals surface area (Å²) in [6, 6.07) is 10.3. The summed E-state index contributed by atoms with van der Waals surface area (Å²) in [4.78, 5) is 16.1. The van der Waals surface area contributed by atoms with Crippen molar-refractivity contribution in [3.05, 3.63) is 58.6 Å². The minimum absolute atomic E-state index is 0.0205. The summed E-state index contributed by atoms with van der Waals surface area (Å²) in [7, 11) is 1.30. The number of nitrogens with zero attached hydrogens (tertiary/aromatic N) is 1. The maximum absolute atomic E-state index is 11.9. The van der Waals surface area contributed by atoms with Gasteiger partial charge in [-0.1, -0.05) is 23.7 Å². The maximum atomic E-state index is 11.9. The molecule has 2 N–H and O–H groups in total. The molecule has 0 aliphatic heterocycles. The number of methoxy groups -OCH3 is 1. The van der Waals surface area contributed by atoms with Crippen LogP contribution in [0, 0.1) is 0 Å². The van der Waals surface area contributed by atoms with Gasteiger partial charge in [0.2, 0.25) is 0 Å². The predicted molar refractivity (Wildman–Crippen MR) is 88.3 cm³/mol. The van der Waals surface area contributed by atoms with E-state index in [1.807, 2.05) is 0 Å². The van der Waals surface area contributed by atoms with E-state index in [4.69, 9.17) is 16.3 Å². The van der Waals surface area contributed by atoms with Crippen molar-refractivity contribution < 1.29 is 19.7 Å². The molecular formula is C17H16ClNO4. The summed E-state index contributed by atoms with van der Waals surface area (Å²) in [5.74, 6) is -0.297. The lowest BCUT2D eigenvalue weighted by molar-refractivity contribution is -0.142. The first-order chi connectivity index (χ1) is 11.0. The van der Waals surface area contributed by atoms with Crippen molar-refractivity contribution in [2.75, 3.05) is 7.11 Å². The molecule has 2 aromatic rings. The highest BCUT2D eigenvalue weighted by Crippen LogP contribution is 2.19. The van der Waals surface area contributed by atoms with E-state index < -0.39 is 12.0 Å². The Morgan fingerprint density at radius 3 is 2.52 bits per heavy atom. The summed E-state index contributed by atoms with van der Waals surface area (Å²) in [5, 5.41) is 19.2. The third-order valence-corrected chi connectivity index (χ3v) is 3.37. The van der Waals surface area contributed by atoms with Crippen LogP contribution in [0.15, 0.2) is 47.5 Å². The second kappa shape index (κ2) is 7.65. The molecule has 2 rings (SSSR count). The van der Waals surface area contributed by atoms with Crippen LogP contribution in [0.5, 0.6) is 11.5 Å². The third kappa shape index (κ3) is 5.00. The van der Waals surface area contributed by atoms with Crippen molar-refractivity contribution in [3.8, 4) is 11.5 Å². The van der Waals surface area contributed by atoms with Gasteiger partial charge in [-0.3, -0.25) is 4.99 Å². The lowest BCUT2D eigenvalue weighted by Crippen LogP contribution is -2.23. The molecule has 0 amide bonds. The van der Waals surface area contributed by atoms with E-state index in [1.54, 1.807) is 30.3 Å². The summed E-state index contributed by atoms with van der Waals surface area (Å²) < 4.78 is 4.77. The number of phenolic OH excluding ortho intramolecular Hbond substituents is 2. The van der Waals surface area contributed by atoms with E-state index in [9.17, 15) is 15.0 Å². The number of hydrogen-bond acceptors (Lipinski definition) is 5. The molecule has 0 radical (unpaired) electrons. The van der Waals surface area contributed by atoms with Crippen molar-refractivity contribution in [1.29, 1.82) is 0 Å². The molecule has 0 fully saturated rings. The van der Waals surface area contributed by atoms with Crippen molar-refractivity contribution in [3.63, 3.8) is 0 Å². The molecule has 120 valence electrons. The van der Waals surface area contributed by atoms with Gasteiger partial charge in [0.15, 0.2) is 6.04 Å². The number of aromatic hydroxyl groups is 2. The number of esters is 1. The number of rotatable bonds is 5. The number of halogens is 1. The number of phenols is 2. The Kier molecular flexibility index (Phi) is 5.60. The average molecular weight is 334 g/mol. The first-order valence-corrected chi connectivity index (χ1v) is 7.24. The van der Waals surface area contributed by atoms with Crippen LogP contribution >= 0.6 is 11.6 Å². The van der Waals surface area contributed by atoms with Crippen molar-refractivity contribution in [1.82, 2.24) is 0 Å². The van der Waals surface area contributed by atoms with Crippen LogP contribution in [-0.2, 0) is 16.0 Å². The zero-order valence-corrected chi connectivity index (χ0v) is 13.2. The lowest BCUT2D eigenvalue weighted by Gasteiger charge is -2.10. The number of aliphatic imine (C=N–C) groups is 1. The van der Waals surface area contributed by atoms with Crippen molar-refractivity contribution >= 4 is 23.8 Å². The van der Waals surface area contributed by atoms with E-state index in [1.165, 1.54) is 25.5 Å². The van der Waals surface area contributed by atoms with Gasteiger partial charge in [-0.05, 0) is 41.5 Å². The molecule has 0 spiro atoms. The van der Waals surface area contributed by atoms with Crippen LogP contribution in [0.3, 0.4) is 0 Å². The van der Waals surface area contributed by atoms with Gasteiger partial charge in [0.05, 0.1) is 7.11 Å². The van der Waals surface area contributed by atoms with Crippen molar-refractivity contribution in [2.24, 2.45) is 4.99 Å². The Hall–Kier alpha value is -2.53. The largest absolute Gasteiger partial charge is 0.508 e. The second-order valence-corrected chi connectivity index (χ2v) is 5.37. The Morgan fingerprint density at radius 1 is 1.22 bits per heavy atom. The van der Waals surface area contributed by atoms with Gasteiger partial charge in [-0.2, -0.15) is 0 Å². The number of benzene rings is 2. The van der Waals surface area contributed by atoms with E-state index in [-0.39, 0.29) is 11.5 Å². The van der Waals surface area contributed by atoms with Crippen LogP contribution in [0.1, 0.15) is 11.1 Å². The highest BCUT2D eigenvalue weighted by atomic mass is 35.5. The highest BCUT2D eigenvalue weighted by Gasteiger charge is 2.18. The fourth-order valence-corrected chi connectivity index (χ4v) is 2.27. The Morgan fingerprint density at radius 2 is 1.91 bits per heavy atom. The van der Waals surface area contributed by atoms with Gasteiger partial charge in [0.1, 0.15) is 11.5 Å². The normalized spacial score (nSPS) is 12.3. The molecule has 5 nitrogen and oxygen atoms in total. The molecule has 0 saturated heterocycles. The van der Waals surface area contributed by atoms with Gasteiger partial charge in [-0.15, -0.1) is 0 Å². The number of carbonyl (C=O) groups is 1. The maximum Gasteiger partial charge on any atom is 0.330 e. The van der Waals surface area contributed by atoms with Crippen LogP contribution in [0.25, 0.3) is 0 Å². The zero-order chi connectivity index (χ0) is 16.8. The minimum Gasteiger partial charge on any atom is -0.508 e. The Labute approximate surface area is 138 Å². The molecule has 0 heterocycles. The van der Waals surface area contributed by atoms with Gasteiger partial charge in [0.25, 0.3) is 0 Å². The standard InChI is InChI=1S/C17H16ClNO4/c1-23-17(22)16(8-11-2-4-14(20)5-3-11)19-10-12-6-13(18)9-15(21)7-12/h2-7,9-10,16,20-21H,8H2,1H3. The fourth-order valence-electron chi connectivity index (χ4n) is 2.04. The summed E-state index contributed by atoms with van der Waals surface area (Å²) in [6.45, 7) is 0. The van der Waals surface area contributed by atoms with E-state index >= 15 is 0 Å². The molecule has 0 aromatic heterocycles. The van der Waals surface area contributed by atoms with E-state index in [0.29, 0.717) is 17.0 Å². The summed E-state index contributed by atoms with van der Waals surface area (Å²) in [6.07, 6.45) is 1.80. The molecule has 1 atom stereocenters. The molecule has 23 heavy (non-hydrogen) atoms. The van der Waals surface area contributed by atoms with Crippen molar-refractivity contribution in [2.45, 2.75) is 12.5 Å². The number of carbonyl (C=O) groups excluding carboxylic acids is 1. The third-order valence-electron chi connectivity index (χ3n) is 3.15. The summed E-state index contributed by atoms with van der Waals surface area (Å²) >= 11 is 5.86. The molecule has 1 unspecified atom stereocenters. The minimum atomic E-state index is -0.731. The Balaban J connectivity index is 2.19. The van der Waals surface area contributed by atoms with Gasteiger partial charge >= 0.3 is 5.97 Å². The molecule has 6 heteroatoms. The molecule has 0 aliphatic carbocycles. The molecular weight excluding hydrogens is 318 g/mol. The smallest absolute Gasteiger partial charge is 0.330 e. The van der Waals surface area contributed by atoms with Crippen LogP contribution < -0.4 is 0 Å². The SMILES string of the molecule is COC(=O)C(Cc1ccc(O)cc1)N=Cc1cc(O)cc(Cl)c1. The highest BCUT2D eigenvalue weighted by molar-refractivity contribution is 6.31. The van der Waals surface area contributed by atoms with Gasteiger partial charge in [-0.25, -0.2) is 4.79 Å². The van der Waals surface area contributed by atoms with Crippen LogP contribution in [0.4, 0.5) is 0 Å². The number of hydrogen-bond donors (Lipinski definition) is 2. The zero-order valence-electron chi connectivity index (χ0n) is 12.4. The first-order valence-electron chi connectivity index (χ1n) is 6.86. The monoisotopic (exact) mass is 333 g/mol. The summed E-state index contributed by atoms with van der Waals surface area (Å²) in [5.41, 5.74) is 1.42. The predicted octanol–water partition coefficient (Wildman–Crippen LogP) is 2.95. The number of ether oxygens (including phenoxy) is 1. The van der Waals surface area contributed by atoms with Crippen LogP contribution in [0.2, 0.25) is 5.02 Å². The molecule has 0 saturated carbocycles. The van der Waals surface area contributed by atoms with Gasteiger partial charge in [0, 0.05) is 17.7 Å². The average Bonchev–Trinajstić information content (AvgIpc) is 2.51. The quantitative estimate of drug-likeness (QED) is 0.651. The molecule has 0 aliphatic rings. The second-order valence-electron chi connectivity index (χ2n) is 4.93. The topological polar surface area (TPSA) is 79.1 Å². The molecule has 2 aromatic carbocycles. The fraction of sp³-hybridized carbons (Fsp3) is 0.176. The van der Waals surface area contributed by atoms with E-state index in [0.717, 1.165) is 5.56 Å². The Bertz CT molecular complexity index is 693. The van der Waals surface area contributed by atoms with Crippen LogP contribution in [-0.4, -0.2) is 35.5 Å². The lowest BCUT2D eigenvalue weighted by atomic mass is 10.1.